The van der Waals surface area contributed by atoms with Crippen molar-refractivity contribution in [2.75, 3.05) is 0 Å². The van der Waals surface area contributed by atoms with Gasteiger partial charge < -0.3 is 0 Å². The van der Waals surface area contributed by atoms with Crippen LogP contribution in [0.5, 0.6) is 0 Å². The number of rotatable bonds is 6. The summed E-state index contributed by atoms with van der Waals surface area (Å²) in [5, 5.41) is 0. The van der Waals surface area contributed by atoms with Gasteiger partial charge in [0.25, 0.3) is 0 Å². The van der Waals surface area contributed by atoms with Crippen molar-refractivity contribution in [2.45, 2.75) is 21.6 Å². The summed E-state index contributed by atoms with van der Waals surface area (Å²) in [5.41, 5.74) is 3.56. The molecule has 0 saturated heterocycles. The number of benzene rings is 4. The molecule has 4 rings (SSSR count). The van der Waals surface area contributed by atoms with E-state index in [-0.39, 0.29) is 0 Å². The zero-order valence-electron chi connectivity index (χ0n) is 16.2. The summed E-state index contributed by atoms with van der Waals surface area (Å²) in [7, 11) is 0. The molecule has 0 N–H and O–H groups in total. The lowest BCUT2D eigenvalue weighted by Crippen LogP contribution is -1.87. The van der Waals surface area contributed by atoms with Crippen molar-refractivity contribution in [3.05, 3.63) is 132 Å². The van der Waals surface area contributed by atoms with E-state index in [1.54, 1.807) is 23.5 Å². The molecule has 4 aromatic carbocycles. The first-order valence-corrected chi connectivity index (χ1v) is 11.2. The molecule has 0 saturated carbocycles. The molecule has 29 heavy (non-hydrogen) atoms. The molecule has 0 unspecified atom stereocenters. The topological polar surface area (TPSA) is 0 Å². The van der Waals surface area contributed by atoms with Crippen molar-refractivity contribution in [3.63, 3.8) is 0 Å². The smallest absolute Gasteiger partial charge is 0.0622 e. The number of hydrogen-bond acceptors (Lipinski definition) is 2. The predicted molar refractivity (Wildman–Crippen MR) is 126 cm³/mol. The lowest BCUT2D eigenvalue weighted by Gasteiger charge is -2.05. The average molecular weight is 410 g/mol. The third-order valence-corrected chi connectivity index (χ3v) is 6.52. The first-order valence-electron chi connectivity index (χ1n) is 9.54. The second-order valence-electron chi connectivity index (χ2n) is 6.65. The monoisotopic (exact) mass is 409 g/mol. The fourth-order valence-electron chi connectivity index (χ4n) is 2.86. The van der Waals surface area contributed by atoms with Crippen LogP contribution < -0.4 is 0 Å². The van der Waals surface area contributed by atoms with Crippen molar-refractivity contribution in [1.82, 2.24) is 0 Å². The first-order chi connectivity index (χ1) is 14.3. The van der Waals surface area contributed by atoms with E-state index in [0.717, 1.165) is 10.5 Å². The highest BCUT2D eigenvalue weighted by atomic mass is 32.2. The van der Waals surface area contributed by atoms with Crippen LogP contribution in [0.3, 0.4) is 0 Å². The summed E-state index contributed by atoms with van der Waals surface area (Å²) in [6.07, 6.45) is 3.71. The third kappa shape index (κ3) is 5.40. The van der Waals surface area contributed by atoms with Crippen molar-refractivity contribution >= 4 is 28.4 Å². The predicted octanol–water partition coefficient (Wildman–Crippen LogP) is 8.13. The number of aryl methyl sites for hydroxylation is 1. The van der Waals surface area contributed by atoms with Gasteiger partial charge in [-0.05, 0) is 91.0 Å². The molecule has 0 fully saturated rings. The molecule has 4 aromatic rings. The lowest BCUT2D eigenvalue weighted by molar-refractivity contribution is 1.35. The SMILES string of the molecule is Cc1ccc(C(=[C+]c2ccccc2Sc2ccccc2)Sc2ccccc2)cc1. The van der Waals surface area contributed by atoms with Crippen LogP contribution >= 0.6 is 23.5 Å². The summed E-state index contributed by atoms with van der Waals surface area (Å²) < 4.78 is 0. The Morgan fingerprint density at radius 1 is 0.621 bits per heavy atom. The highest BCUT2D eigenvalue weighted by Crippen LogP contribution is 2.37. The zero-order valence-corrected chi connectivity index (χ0v) is 17.8. The first kappa shape index (κ1) is 19.5. The summed E-state index contributed by atoms with van der Waals surface area (Å²) >= 11 is 3.53. The molecule has 0 aliphatic rings. The van der Waals surface area contributed by atoms with Gasteiger partial charge >= 0.3 is 0 Å². The Labute approximate surface area is 181 Å². The van der Waals surface area contributed by atoms with Crippen molar-refractivity contribution in [2.24, 2.45) is 0 Å². The Morgan fingerprint density at radius 2 is 1.21 bits per heavy atom. The van der Waals surface area contributed by atoms with Gasteiger partial charge in [-0.15, -0.1) is 0 Å². The van der Waals surface area contributed by atoms with Crippen LogP contribution in [0.1, 0.15) is 16.7 Å². The maximum Gasteiger partial charge on any atom is 0.162 e. The van der Waals surface area contributed by atoms with Gasteiger partial charge in [0.2, 0.25) is 0 Å². The van der Waals surface area contributed by atoms with E-state index in [2.05, 4.69) is 116 Å². The summed E-state index contributed by atoms with van der Waals surface area (Å²) in [4.78, 5) is 4.77. The molecule has 0 aromatic heterocycles. The molecule has 0 bridgehead atoms. The minimum absolute atomic E-state index is 1.11. The Morgan fingerprint density at radius 3 is 1.90 bits per heavy atom. The standard InChI is InChI=1S/C27H21S2/c1-21-16-18-22(19-17-21)27(29-25-13-6-3-7-14-25)20-23-10-8-9-15-26(23)28-24-11-4-2-5-12-24/h2-19H,1H3/q+1. The van der Waals surface area contributed by atoms with Gasteiger partial charge in [0, 0.05) is 21.9 Å². The van der Waals surface area contributed by atoms with Gasteiger partial charge in [-0.3, -0.25) is 0 Å². The lowest BCUT2D eigenvalue weighted by atomic mass is 10.1. The highest BCUT2D eigenvalue weighted by Gasteiger charge is 2.16. The molecule has 0 heterocycles. The van der Waals surface area contributed by atoms with Gasteiger partial charge in [-0.1, -0.05) is 48.2 Å². The Hall–Kier alpha value is -2.77. The van der Waals surface area contributed by atoms with E-state index in [1.165, 1.54) is 25.8 Å². The molecule has 0 amide bonds. The van der Waals surface area contributed by atoms with Gasteiger partial charge in [0.05, 0.1) is 5.56 Å². The second kappa shape index (κ2) is 9.62. The van der Waals surface area contributed by atoms with Crippen LogP contribution in [-0.4, -0.2) is 0 Å². The molecule has 0 nitrogen and oxygen atoms in total. The molecule has 0 radical (unpaired) electrons. The molecule has 140 valence electrons. The number of hydrogen-bond donors (Lipinski definition) is 0. The minimum atomic E-state index is 1.11. The highest BCUT2D eigenvalue weighted by molar-refractivity contribution is 8.08. The van der Waals surface area contributed by atoms with E-state index in [1.807, 2.05) is 6.07 Å². The van der Waals surface area contributed by atoms with Crippen LogP contribution in [-0.2, 0) is 0 Å². The quantitative estimate of drug-likeness (QED) is 0.179. The van der Waals surface area contributed by atoms with Crippen LogP contribution in [0, 0.1) is 13.0 Å². The van der Waals surface area contributed by atoms with E-state index < -0.39 is 0 Å². The van der Waals surface area contributed by atoms with Crippen molar-refractivity contribution in [3.8, 4) is 0 Å². The normalized spacial score (nSPS) is 11.1. The third-order valence-electron chi connectivity index (χ3n) is 4.38. The Balaban J connectivity index is 1.73. The zero-order chi connectivity index (χ0) is 19.9. The van der Waals surface area contributed by atoms with Crippen LogP contribution in [0.15, 0.2) is 124 Å². The van der Waals surface area contributed by atoms with Gasteiger partial charge in [0.1, 0.15) is 4.90 Å². The van der Waals surface area contributed by atoms with E-state index in [9.17, 15) is 0 Å². The molecular formula is C27H21S2+. The van der Waals surface area contributed by atoms with Crippen molar-refractivity contribution < 1.29 is 0 Å². The minimum Gasteiger partial charge on any atom is -0.0622 e. The fourth-order valence-corrected chi connectivity index (χ4v) is 4.73. The Bertz CT molecular complexity index is 1080. The summed E-state index contributed by atoms with van der Waals surface area (Å²) in [5.74, 6) is 0. The Kier molecular flexibility index (Phi) is 6.49. The number of thioether (sulfide) groups is 1. The van der Waals surface area contributed by atoms with Crippen LogP contribution in [0.4, 0.5) is 0 Å². The fraction of sp³-hybridized carbons (Fsp3) is 0.0370. The molecular weight excluding hydrogens is 388 g/mol. The molecule has 0 atom stereocenters. The van der Waals surface area contributed by atoms with E-state index in [0.29, 0.717) is 0 Å². The maximum absolute atomic E-state index is 3.71. The average Bonchev–Trinajstić information content (AvgIpc) is 2.77. The largest absolute Gasteiger partial charge is 0.162 e. The van der Waals surface area contributed by atoms with Crippen molar-refractivity contribution in [1.29, 1.82) is 0 Å². The van der Waals surface area contributed by atoms with Crippen LogP contribution in [0.25, 0.3) is 4.91 Å². The summed E-state index contributed by atoms with van der Waals surface area (Å²) in [6, 6.07) is 38.1. The molecule has 2 heteroatoms. The molecule has 0 spiro atoms. The van der Waals surface area contributed by atoms with E-state index in [4.69, 9.17) is 0 Å². The second-order valence-corrected chi connectivity index (χ2v) is 8.85. The van der Waals surface area contributed by atoms with Crippen LogP contribution in [0.2, 0.25) is 0 Å². The van der Waals surface area contributed by atoms with Gasteiger partial charge in [-0.2, -0.15) is 0 Å². The molecule has 0 aliphatic heterocycles. The van der Waals surface area contributed by atoms with Gasteiger partial charge in [0.15, 0.2) is 10.5 Å². The van der Waals surface area contributed by atoms with E-state index >= 15 is 0 Å². The maximum atomic E-state index is 3.71. The summed E-state index contributed by atoms with van der Waals surface area (Å²) in [6.45, 7) is 2.12. The molecule has 0 aliphatic carbocycles. The van der Waals surface area contributed by atoms with Gasteiger partial charge in [-0.25, -0.2) is 0 Å².